The Morgan fingerprint density at radius 3 is 1.84 bits per heavy atom. The molecule has 1 aliphatic rings. The lowest BCUT2D eigenvalue weighted by Gasteiger charge is -2.43. The maximum absolute atomic E-state index is 11.8. The molecule has 0 unspecified atom stereocenters. The minimum Gasteiger partial charge on any atom is -0.493 e. The molecule has 1 fully saturated rings. The molecule has 0 N–H and O–H groups in total. The molecule has 5 atom stereocenters. The Hall–Kier alpha value is -3.34. The molecule has 0 aromatic heterocycles. The van der Waals surface area contributed by atoms with Crippen molar-refractivity contribution in [2.45, 2.75) is 58.4 Å². The first-order chi connectivity index (χ1) is 15.1. The predicted octanol–water partition coefficient (Wildman–Crippen LogP) is 1.16. The molecule has 11 heteroatoms. The van der Waals surface area contributed by atoms with E-state index >= 15 is 0 Å². The molecule has 1 heterocycles. The molecule has 2 rings (SSSR count). The van der Waals surface area contributed by atoms with Gasteiger partial charge in [0.2, 0.25) is 12.4 Å². The molecule has 1 aliphatic heterocycles. The Labute approximate surface area is 184 Å². The molecule has 1 aromatic rings. The number of hydrogen-bond donors (Lipinski definition) is 0. The zero-order valence-corrected chi connectivity index (χ0v) is 18.4. The largest absolute Gasteiger partial charge is 0.493 e. The third-order valence-electron chi connectivity index (χ3n) is 4.26. The van der Waals surface area contributed by atoms with Crippen LogP contribution in [0.4, 0.5) is 0 Å². The van der Waals surface area contributed by atoms with E-state index in [1.54, 1.807) is 24.3 Å². The van der Waals surface area contributed by atoms with Crippen molar-refractivity contribution in [1.29, 1.82) is 0 Å². The molecule has 0 aliphatic carbocycles. The Morgan fingerprint density at radius 1 is 0.781 bits per heavy atom. The van der Waals surface area contributed by atoms with Crippen molar-refractivity contribution < 1.29 is 52.3 Å². The zero-order chi connectivity index (χ0) is 23.8. The normalized spacial score (nSPS) is 24.6. The number of esters is 4. The zero-order valence-electron chi connectivity index (χ0n) is 18.4. The monoisotopic (exact) mass is 454 g/mol. The average Bonchev–Trinajstić information content (AvgIpc) is 2.70. The summed E-state index contributed by atoms with van der Waals surface area (Å²) in [6.45, 7) is 4.28. The van der Waals surface area contributed by atoms with E-state index in [0.29, 0.717) is 5.75 Å². The second-order valence-corrected chi connectivity index (χ2v) is 6.84. The summed E-state index contributed by atoms with van der Waals surface area (Å²) >= 11 is 0. The first kappa shape index (κ1) is 24.9. The van der Waals surface area contributed by atoms with Crippen LogP contribution in [-0.2, 0) is 42.9 Å². The number of hydrogen-bond acceptors (Lipinski definition) is 11. The second-order valence-electron chi connectivity index (χ2n) is 6.84. The van der Waals surface area contributed by atoms with Crippen LogP contribution in [0.3, 0.4) is 0 Å². The van der Waals surface area contributed by atoms with Crippen molar-refractivity contribution >= 4 is 23.9 Å². The maximum Gasteiger partial charge on any atom is 0.303 e. The highest BCUT2D eigenvalue weighted by Gasteiger charge is 2.53. The van der Waals surface area contributed by atoms with Gasteiger partial charge in [-0.15, -0.1) is 0 Å². The van der Waals surface area contributed by atoms with Crippen molar-refractivity contribution in [1.82, 2.24) is 0 Å². The van der Waals surface area contributed by atoms with Crippen LogP contribution in [0.15, 0.2) is 24.3 Å². The number of carbonyl (C=O) groups excluding carboxylic acids is 4. The number of methoxy groups -OCH3 is 1. The molecule has 0 radical (unpaired) electrons. The van der Waals surface area contributed by atoms with E-state index in [-0.39, 0.29) is 12.4 Å². The van der Waals surface area contributed by atoms with Crippen LogP contribution in [0.2, 0.25) is 0 Å². The van der Waals surface area contributed by atoms with Crippen LogP contribution < -0.4 is 9.47 Å². The molecule has 32 heavy (non-hydrogen) atoms. The molecule has 176 valence electrons. The highest BCUT2D eigenvalue weighted by atomic mass is 16.7. The van der Waals surface area contributed by atoms with Crippen molar-refractivity contribution in [3.63, 3.8) is 0 Å². The summed E-state index contributed by atoms with van der Waals surface area (Å²) in [7, 11) is 1.44. The smallest absolute Gasteiger partial charge is 0.303 e. The summed E-state index contributed by atoms with van der Waals surface area (Å²) in [4.78, 5) is 46.7. The lowest BCUT2D eigenvalue weighted by molar-refractivity contribution is -0.288. The van der Waals surface area contributed by atoms with Gasteiger partial charge in [-0.25, -0.2) is 0 Å². The van der Waals surface area contributed by atoms with Gasteiger partial charge in [0, 0.05) is 27.7 Å². The topological polar surface area (TPSA) is 133 Å². The van der Waals surface area contributed by atoms with Crippen LogP contribution in [0.5, 0.6) is 11.5 Å². The third kappa shape index (κ3) is 6.84. The minimum absolute atomic E-state index is 0.246. The van der Waals surface area contributed by atoms with Crippen molar-refractivity contribution in [2.24, 2.45) is 0 Å². The number of carbonyl (C=O) groups is 4. The fraction of sp³-hybridized carbons (Fsp3) is 0.524. The lowest BCUT2D eigenvalue weighted by atomic mass is 9.98. The fourth-order valence-electron chi connectivity index (χ4n) is 3.12. The fourth-order valence-corrected chi connectivity index (χ4v) is 3.12. The summed E-state index contributed by atoms with van der Waals surface area (Å²) in [6, 6.07) is 6.63. The van der Waals surface area contributed by atoms with Crippen LogP contribution >= 0.6 is 0 Å². The summed E-state index contributed by atoms with van der Waals surface area (Å²) < 4.78 is 38.1. The number of benzene rings is 1. The average molecular weight is 454 g/mol. The van der Waals surface area contributed by atoms with Gasteiger partial charge >= 0.3 is 23.9 Å². The Morgan fingerprint density at radius 2 is 1.31 bits per heavy atom. The van der Waals surface area contributed by atoms with Gasteiger partial charge < -0.3 is 33.2 Å². The van der Waals surface area contributed by atoms with Crippen molar-refractivity contribution in [3.8, 4) is 11.5 Å². The van der Waals surface area contributed by atoms with Crippen LogP contribution in [0.25, 0.3) is 0 Å². The maximum atomic E-state index is 11.8. The summed E-state index contributed by atoms with van der Waals surface area (Å²) in [5.74, 6) is -2.16. The van der Waals surface area contributed by atoms with Crippen molar-refractivity contribution in [2.75, 3.05) is 13.7 Å². The van der Waals surface area contributed by atoms with Gasteiger partial charge in [-0.3, -0.25) is 19.2 Å². The van der Waals surface area contributed by atoms with Crippen LogP contribution in [0.1, 0.15) is 27.7 Å². The number of rotatable bonds is 8. The molecule has 0 saturated carbocycles. The van der Waals surface area contributed by atoms with Crippen molar-refractivity contribution in [3.05, 3.63) is 24.3 Å². The second kappa shape index (κ2) is 11.3. The molecular weight excluding hydrogens is 428 g/mol. The van der Waals surface area contributed by atoms with E-state index in [9.17, 15) is 19.2 Å². The Balaban J connectivity index is 2.48. The molecule has 1 aromatic carbocycles. The van der Waals surface area contributed by atoms with Crippen LogP contribution in [0, 0.1) is 0 Å². The highest BCUT2D eigenvalue weighted by molar-refractivity contribution is 5.68. The number of para-hydroxylation sites is 2. The summed E-state index contributed by atoms with van der Waals surface area (Å²) in [5, 5.41) is 0. The third-order valence-corrected chi connectivity index (χ3v) is 4.26. The van der Waals surface area contributed by atoms with Gasteiger partial charge in [-0.2, -0.15) is 0 Å². The quantitative estimate of drug-likeness (QED) is 0.414. The van der Waals surface area contributed by atoms with E-state index in [1.165, 1.54) is 14.0 Å². The SMILES string of the molecule is COc1ccccc1O[C@H]1O[C@H](COC(C)=O)[C@@H](OC(C)=O)[C@H](OC(C)=O)[C@H]1OC(C)=O. The highest BCUT2D eigenvalue weighted by Crippen LogP contribution is 2.34. The van der Waals surface area contributed by atoms with Gasteiger partial charge in [0.15, 0.2) is 23.7 Å². The van der Waals surface area contributed by atoms with Gasteiger partial charge in [0.1, 0.15) is 12.7 Å². The molecule has 0 bridgehead atoms. The Kier molecular flexibility index (Phi) is 8.82. The van der Waals surface area contributed by atoms with Gasteiger partial charge in [0.05, 0.1) is 7.11 Å². The Bertz CT molecular complexity index is 837. The van der Waals surface area contributed by atoms with E-state index in [1.807, 2.05) is 0 Å². The summed E-state index contributed by atoms with van der Waals surface area (Å²) in [5.41, 5.74) is 0. The first-order valence-electron chi connectivity index (χ1n) is 9.72. The summed E-state index contributed by atoms with van der Waals surface area (Å²) in [6.07, 6.45) is -6.31. The van der Waals surface area contributed by atoms with Gasteiger partial charge in [0.25, 0.3) is 0 Å². The van der Waals surface area contributed by atoms with E-state index in [0.717, 1.165) is 20.8 Å². The van der Waals surface area contributed by atoms with E-state index < -0.39 is 54.6 Å². The van der Waals surface area contributed by atoms with Crippen LogP contribution in [-0.4, -0.2) is 68.3 Å². The predicted molar refractivity (Wildman–Crippen MR) is 106 cm³/mol. The van der Waals surface area contributed by atoms with Gasteiger partial charge in [-0.05, 0) is 12.1 Å². The molecule has 1 saturated heterocycles. The molecule has 11 nitrogen and oxygen atoms in total. The van der Waals surface area contributed by atoms with E-state index in [4.69, 9.17) is 33.2 Å². The number of ether oxygens (including phenoxy) is 7. The molecule has 0 spiro atoms. The molecular formula is C21H26O11. The molecule has 0 amide bonds. The first-order valence-corrected chi connectivity index (χ1v) is 9.72. The minimum atomic E-state index is -1.33. The lowest BCUT2D eigenvalue weighted by Crippen LogP contribution is -2.63. The van der Waals surface area contributed by atoms with Gasteiger partial charge in [-0.1, -0.05) is 12.1 Å². The standard InChI is InChI=1S/C21H26O11/c1-11(22)27-10-17-18(28-12(2)23)19(29-13(3)24)20(30-14(4)25)21(32-17)31-16-9-7-6-8-15(16)26-5/h6-9,17-21H,10H2,1-5H3/t17-,18-,19+,20-,21+/m1/s1. The van der Waals surface area contributed by atoms with E-state index in [2.05, 4.69) is 0 Å².